The van der Waals surface area contributed by atoms with Crippen LogP contribution in [0.25, 0.3) is 0 Å². The predicted octanol–water partition coefficient (Wildman–Crippen LogP) is 2.56. The fourth-order valence-corrected chi connectivity index (χ4v) is 3.66. The highest BCUT2D eigenvalue weighted by molar-refractivity contribution is 5.91. The number of hydrogen-bond acceptors (Lipinski definition) is 4. The summed E-state index contributed by atoms with van der Waals surface area (Å²) < 4.78 is 5.76. The number of urea groups is 1. The molecule has 7 heteroatoms. The smallest absolute Gasteiger partial charge is 0.321 e. The van der Waals surface area contributed by atoms with E-state index in [-0.39, 0.29) is 11.9 Å². The van der Waals surface area contributed by atoms with Crippen LogP contribution < -0.4 is 20.7 Å². The van der Waals surface area contributed by atoms with E-state index < -0.39 is 5.54 Å². The minimum atomic E-state index is -0.522. The SMILES string of the molecule is O=C(Nc1ccc(Oc2ccccc2)cc1)N1CCC2(CC1)NCCNC2=O. The first-order valence-corrected chi connectivity index (χ1v) is 9.57. The number of piperazine rings is 1. The van der Waals surface area contributed by atoms with Gasteiger partial charge in [0.15, 0.2) is 0 Å². The lowest BCUT2D eigenvalue weighted by Gasteiger charge is -2.43. The summed E-state index contributed by atoms with van der Waals surface area (Å²) in [6.45, 7) is 2.52. The zero-order valence-corrected chi connectivity index (χ0v) is 15.6. The lowest BCUT2D eigenvalue weighted by atomic mass is 9.85. The summed E-state index contributed by atoms with van der Waals surface area (Å²) in [6.07, 6.45) is 1.24. The average molecular weight is 380 g/mol. The van der Waals surface area contributed by atoms with Crippen LogP contribution in [0.5, 0.6) is 11.5 Å². The van der Waals surface area contributed by atoms with Gasteiger partial charge in [-0.3, -0.25) is 4.79 Å². The zero-order chi connectivity index (χ0) is 19.4. The van der Waals surface area contributed by atoms with Crippen LogP contribution in [0.3, 0.4) is 0 Å². The molecule has 3 amide bonds. The first-order valence-electron chi connectivity index (χ1n) is 9.57. The van der Waals surface area contributed by atoms with Crippen LogP contribution >= 0.6 is 0 Å². The van der Waals surface area contributed by atoms with Crippen LogP contribution in [-0.4, -0.2) is 48.6 Å². The maximum Gasteiger partial charge on any atom is 0.321 e. The highest BCUT2D eigenvalue weighted by Gasteiger charge is 2.43. The number of para-hydroxylation sites is 1. The van der Waals surface area contributed by atoms with Crippen molar-refractivity contribution in [3.05, 3.63) is 54.6 Å². The summed E-state index contributed by atoms with van der Waals surface area (Å²) in [6, 6.07) is 16.7. The maximum atomic E-state index is 12.6. The second kappa shape index (κ2) is 7.90. The third-order valence-electron chi connectivity index (χ3n) is 5.30. The summed E-state index contributed by atoms with van der Waals surface area (Å²) in [5.74, 6) is 1.52. The molecule has 2 heterocycles. The number of likely N-dealkylation sites (tertiary alicyclic amines) is 1. The van der Waals surface area contributed by atoms with Crippen LogP contribution in [0, 0.1) is 0 Å². The molecular formula is C21H24N4O3. The van der Waals surface area contributed by atoms with E-state index in [4.69, 9.17) is 4.74 Å². The first-order chi connectivity index (χ1) is 13.6. The van der Waals surface area contributed by atoms with Crippen molar-refractivity contribution in [3.8, 4) is 11.5 Å². The number of nitrogens with one attached hydrogen (secondary N) is 3. The molecule has 0 aromatic heterocycles. The molecule has 2 aliphatic rings. The molecule has 3 N–H and O–H groups in total. The van der Waals surface area contributed by atoms with Crippen molar-refractivity contribution < 1.29 is 14.3 Å². The number of ether oxygens (including phenoxy) is 1. The van der Waals surface area contributed by atoms with E-state index in [1.54, 1.807) is 4.90 Å². The molecule has 0 saturated carbocycles. The molecule has 2 fully saturated rings. The van der Waals surface area contributed by atoms with Gasteiger partial charge in [0.1, 0.15) is 17.0 Å². The van der Waals surface area contributed by atoms with Crippen molar-refractivity contribution in [1.82, 2.24) is 15.5 Å². The number of piperidine rings is 1. The third-order valence-corrected chi connectivity index (χ3v) is 5.30. The fourth-order valence-electron chi connectivity index (χ4n) is 3.66. The monoisotopic (exact) mass is 380 g/mol. The number of nitrogens with zero attached hydrogens (tertiary/aromatic N) is 1. The number of carbonyl (C=O) groups is 2. The summed E-state index contributed by atoms with van der Waals surface area (Å²) in [7, 11) is 0. The molecule has 1 spiro atoms. The Morgan fingerprint density at radius 3 is 2.32 bits per heavy atom. The van der Waals surface area contributed by atoms with E-state index >= 15 is 0 Å². The maximum absolute atomic E-state index is 12.6. The Hall–Kier alpha value is -3.06. The van der Waals surface area contributed by atoms with Crippen molar-refractivity contribution in [1.29, 1.82) is 0 Å². The molecule has 2 aliphatic heterocycles. The van der Waals surface area contributed by atoms with Gasteiger partial charge < -0.3 is 25.6 Å². The predicted molar refractivity (Wildman–Crippen MR) is 107 cm³/mol. The molecule has 2 aromatic rings. The summed E-state index contributed by atoms with van der Waals surface area (Å²) in [5.41, 5.74) is 0.185. The van der Waals surface area contributed by atoms with E-state index in [9.17, 15) is 9.59 Å². The van der Waals surface area contributed by atoms with Gasteiger partial charge in [-0.25, -0.2) is 4.79 Å². The summed E-state index contributed by atoms with van der Waals surface area (Å²) >= 11 is 0. The van der Waals surface area contributed by atoms with Crippen LogP contribution in [-0.2, 0) is 4.79 Å². The number of amides is 3. The van der Waals surface area contributed by atoms with Gasteiger partial charge in [0, 0.05) is 31.9 Å². The zero-order valence-electron chi connectivity index (χ0n) is 15.6. The molecule has 0 aliphatic carbocycles. The van der Waals surface area contributed by atoms with Gasteiger partial charge in [0.25, 0.3) is 0 Å². The van der Waals surface area contributed by atoms with Gasteiger partial charge in [-0.1, -0.05) is 18.2 Å². The molecule has 0 unspecified atom stereocenters. The number of anilines is 1. The van der Waals surface area contributed by atoms with E-state index in [0.717, 1.165) is 12.3 Å². The normalized spacial score (nSPS) is 18.4. The highest BCUT2D eigenvalue weighted by Crippen LogP contribution is 2.26. The van der Waals surface area contributed by atoms with Gasteiger partial charge in [0.05, 0.1) is 0 Å². The van der Waals surface area contributed by atoms with Gasteiger partial charge in [-0.15, -0.1) is 0 Å². The van der Waals surface area contributed by atoms with Gasteiger partial charge in [-0.2, -0.15) is 0 Å². The molecule has 146 valence electrons. The Morgan fingerprint density at radius 1 is 0.964 bits per heavy atom. The second-order valence-corrected chi connectivity index (χ2v) is 7.12. The quantitative estimate of drug-likeness (QED) is 0.764. The van der Waals surface area contributed by atoms with Gasteiger partial charge in [0.2, 0.25) is 5.91 Å². The lowest BCUT2D eigenvalue weighted by Crippen LogP contribution is -2.67. The molecular weight excluding hydrogens is 356 g/mol. The molecule has 0 atom stereocenters. The molecule has 0 radical (unpaired) electrons. The van der Waals surface area contributed by atoms with Crippen molar-refractivity contribution in [2.45, 2.75) is 18.4 Å². The molecule has 0 bridgehead atoms. The average Bonchev–Trinajstić information content (AvgIpc) is 2.73. The molecule has 4 rings (SSSR count). The topological polar surface area (TPSA) is 82.7 Å². The van der Waals surface area contributed by atoms with Crippen molar-refractivity contribution in [2.75, 3.05) is 31.5 Å². The molecule has 28 heavy (non-hydrogen) atoms. The van der Waals surface area contributed by atoms with Crippen LogP contribution in [0.4, 0.5) is 10.5 Å². The van der Waals surface area contributed by atoms with Crippen LogP contribution in [0.1, 0.15) is 12.8 Å². The largest absolute Gasteiger partial charge is 0.457 e. The highest BCUT2D eigenvalue weighted by atomic mass is 16.5. The Morgan fingerprint density at radius 2 is 1.64 bits per heavy atom. The van der Waals surface area contributed by atoms with Crippen LogP contribution in [0.2, 0.25) is 0 Å². The van der Waals surface area contributed by atoms with Gasteiger partial charge in [-0.05, 0) is 49.2 Å². The Labute approximate surface area is 164 Å². The number of benzene rings is 2. The van der Waals surface area contributed by atoms with Gasteiger partial charge >= 0.3 is 6.03 Å². The standard InChI is InChI=1S/C21H24N4O3/c26-19-21(23-13-12-22-19)10-14-25(15-11-21)20(27)24-16-6-8-18(9-7-16)28-17-4-2-1-3-5-17/h1-9,23H,10-15H2,(H,22,26)(H,24,27). The van der Waals surface area contributed by atoms with Crippen molar-refractivity contribution in [2.24, 2.45) is 0 Å². The lowest BCUT2D eigenvalue weighted by molar-refractivity contribution is -0.131. The third kappa shape index (κ3) is 3.94. The Kier molecular flexibility index (Phi) is 5.16. The molecule has 2 saturated heterocycles. The van der Waals surface area contributed by atoms with Crippen molar-refractivity contribution >= 4 is 17.6 Å². The van der Waals surface area contributed by atoms with E-state index in [0.29, 0.717) is 43.9 Å². The Bertz CT molecular complexity index is 830. The first kappa shape index (κ1) is 18.3. The summed E-state index contributed by atoms with van der Waals surface area (Å²) in [5, 5.41) is 9.17. The number of rotatable bonds is 3. The van der Waals surface area contributed by atoms with E-state index in [1.807, 2.05) is 54.6 Å². The fraction of sp³-hybridized carbons (Fsp3) is 0.333. The minimum absolute atomic E-state index is 0.0489. The van der Waals surface area contributed by atoms with E-state index in [2.05, 4.69) is 16.0 Å². The van der Waals surface area contributed by atoms with E-state index in [1.165, 1.54) is 0 Å². The summed E-state index contributed by atoms with van der Waals surface area (Å²) in [4.78, 5) is 26.5. The number of hydrogen-bond donors (Lipinski definition) is 3. The Balaban J connectivity index is 1.31. The second-order valence-electron chi connectivity index (χ2n) is 7.12. The minimum Gasteiger partial charge on any atom is -0.457 e. The van der Waals surface area contributed by atoms with Crippen molar-refractivity contribution in [3.63, 3.8) is 0 Å². The molecule has 2 aromatic carbocycles. The number of carbonyl (C=O) groups excluding carboxylic acids is 2. The van der Waals surface area contributed by atoms with Crippen LogP contribution in [0.15, 0.2) is 54.6 Å². The molecule has 7 nitrogen and oxygen atoms in total.